The van der Waals surface area contributed by atoms with Crippen molar-refractivity contribution in [1.29, 1.82) is 0 Å². The van der Waals surface area contributed by atoms with Gasteiger partial charge in [0.1, 0.15) is 0 Å². The number of carbonyl (C=O) groups excluding carboxylic acids is 1. The predicted molar refractivity (Wildman–Crippen MR) is 142 cm³/mol. The fraction of sp³-hybridized carbons (Fsp3) is 0.0667. The van der Waals surface area contributed by atoms with Crippen LogP contribution in [0.5, 0.6) is 0 Å². The van der Waals surface area contributed by atoms with Crippen molar-refractivity contribution in [2.45, 2.75) is 13.1 Å². The van der Waals surface area contributed by atoms with Gasteiger partial charge in [0.2, 0.25) is 5.89 Å². The van der Waals surface area contributed by atoms with Crippen LogP contribution < -0.4 is 0 Å². The summed E-state index contributed by atoms with van der Waals surface area (Å²) in [6.07, 6.45) is 1.70. The molecule has 5 rings (SSSR count). The summed E-state index contributed by atoms with van der Waals surface area (Å²) >= 11 is 3.46. The van der Waals surface area contributed by atoms with Gasteiger partial charge in [-0.1, -0.05) is 101 Å². The third kappa shape index (κ3) is 5.42. The molecule has 5 aromatic rings. The molecule has 172 valence electrons. The van der Waals surface area contributed by atoms with E-state index in [2.05, 4.69) is 20.9 Å². The van der Waals surface area contributed by atoms with E-state index in [0.29, 0.717) is 35.9 Å². The van der Waals surface area contributed by atoms with Gasteiger partial charge >= 0.3 is 0 Å². The largest absolute Gasteiger partial charge is 0.436 e. The lowest BCUT2D eigenvalue weighted by Gasteiger charge is -2.24. The number of benzene rings is 4. The summed E-state index contributed by atoms with van der Waals surface area (Å²) in [5.74, 6) is 1.00. The maximum absolute atomic E-state index is 13.9. The molecule has 0 aliphatic carbocycles. The zero-order valence-electron chi connectivity index (χ0n) is 19.0. The Balaban J connectivity index is 1.48. The molecular weight excluding hydrogens is 500 g/mol. The third-order valence-electron chi connectivity index (χ3n) is 5.74. The lowest BCUT2D eigenvalue weighted by atomic mass is 10.0. The van der Waals surface area contributed by atoms with Gasteiger partial charge in [-0.2, -0.15) is 0 Å². The van der Waals surface area contributed by atoms with Crippen molar-refractivity contribution in [3.05, 3.63) is 137 Å². The average molecular weight is 523 g/mol. The molecule has 0 atom stereocenters. The van der Waals surface area contributed by atoms with Gasteiger partial charge in [-0.05, 0) is 35.4 Å². The summed E-state index contributed by atoms with van der Waals surface area (Å²) in [7, 11) is 0. The Morgan fingerprint density at radius 3 is 1.94 bits per heavy atom. The van der Waals surface area contributed by atoms with Gasteiger partial charge in [0, 0.05) is 28.7 Å². The molecule has 4 nitrogen and oxygen atoms in total. The van der Waals surface area contributed by atoms with Crippen molar-refractivity contribution < 1.29 is 9.21 Å². The minimum absolute atomic E-state index is 0.0725. The number of amides is 1. The number of oxazole rings is 1. The first-order chi connectivity index (χ1) is 17.2. The number of nitrogens with zero attached hydrogens (tertiary/aromatic N) is 2. The molecule has 35 heavy (non-hydrogen) atoms. The second-order valence-electron chi connectivity index (χ2n) is 8.21. The van der Waals surface area contributed by atoms with Gasteiger partial charge in [0.15, 0.2) is 5.76 Å². The molecule has 0 radical (unpaired) electrons. The molecule has 0 bridgehead atoms. The average Bonchev–Trinajstić information content (AvgIpc) is 3.40. The minimum Gasteiger partial charge on any atom is -0.436 e. The smallest absolute Gasteiger partial charge is 0.255 e. The minimum atomic E-state index is -0.0725. The molecule has 1 heterocycles. The summed E-state index contributed by atoms with van der Waals surface area (Å²) < 4.78 is 7.10. The first-order valence-electron chi connectivity index (χ1n) is 11.4. The number of halogens is 1. The van der Waals surface area contributed by atoms with Crippen molar-refractivity contribution in [1.82, 2.24) is 9.88 Å². The molecule has 1 aromatic heterocycles. The molecule has 0 saturated heterocycles. The number of hydrogen-bond donors (Lipinski definition) is 0. The van der Waals surface area contributed by atoms with E-state index in [0.717, 1.165) is 21.2 Å². The van der Waals surface area contributed by atoms with E-state index in [1.807, 2.05) is 114 Å². The van der Waals surface area contributed by atoms with Crippen LogP contribution >= 0.6 is 15.9 Å². The third-order valence-corrected chi connectivity index (χ3v) is 6.27. The predicted octanol–water partition coefficient (Wildman–Crippen LogP) is 7.61. The van der Waals surface area contributed by atoms with E-state index in [4.69, 9.17) is 4.42 Å². The Bertz CT molecular complexity index is 1370. The van der Waals surface area contributed by atoms with E-state index in [9.17, 15) is 4.79 Å². The van der Waals surface area contributed by atoms with Crippen LogP contribution in [0.2, 0.25) is 0 Å². The normalized spacial score (nSPS) is 10.8. The number of rotatable bonds is 7. The van der Waals surface area contributed by atoms with E-state index >= 15 is 0 Å². The topological polar surface area (TPSA) is 46.3 Å². The Kier molecular flexibility index (Phi) is 6.87. The zero-order chi connectivity index (χ0) is 24.0. The SMILES string of the molecule is O=C(c1ccccc1-c1ncc(-c2ccc(Br)cc2)o1)N(Cc1ccccc1)Cc1ccccc1. The van der Waals surface area contributed by atoms with Crippen molar-refractivity contribution in [2.75, 3.05) is 0 Å². The van der Waals surface area contributed by atoms with E-state index in [1.54, 1.807) is 6.20 Å². The van der Waals surface area contributed by atoms with Crippen molar-refractivity contribution in [3.63, 3.8) is 0 Å². The number of hydrogen-bond acceptors (Lipinski definition) is 3. The van der Waals surface area contributed by atoms with Crippen molar-refractivity contribution in [2.24, 2.45) is 0 Å². The first-order valence-corrected chi connectivity index (χ1v) is 12.1. The van der Waals surface area contributed by atoms with Gasteiger partial charge in [-0.25, -0.2) is 4.98 Å². The molecule has 0 unspecified atom stereocenters. The van der Waals surface area contributed by atoms with E-state index in [1.165, 1.54) is 0 Å². The summed E-state index contributed by atoms with van der Waals surface area (Å²) in [4.78, 5) is 20.3. The monoisotopic (exact) mass is 522 g/mol. The Morgan fingerprint density at radius 1 is 0.743 bits per heavy atom. The lowest BCUT2D eigenvalue weighted by Crippen LogP contribution is -2.30. The Morgan fingerprint density at radius 2 is 1.31 bits per heavy atom. The number of carbonyl (C=O) groups is 1. The molecule has 0 saturated carbocycles. The molecule has 0 aliphatic rings. The second kappa shape index (κ2) is 10.5. The van der Waals surface area contributed by atoms with Crippen LogP contribution in [-0.4, -0.2) is 15.8 Å². The molecular formula is C30H23BrN2O2. The van der Waals surface area contributed by atoms with Crippen LogP contribution in [0, 0.1) is 0 Å². The summed E-state index contributed by atoms with van der Waals surface area (Å²) in [5, 5.41) is 0. The fourth-order valence-electron chi connectivity index (χ4n) is 3.98. The van der Waals surface area contributed by atoms with Gasteiger partial charge < -0.3 is 9.32 Å². The number of aromatic nitrogens is 1. The van der Waals surface area contributed by atoms with Crippen LogP contribution in [0.3, 0.4) is 0 Å². The summed E-state index contributed by atoms with van der Waals surface area (Å²) in [5.41, 5.74) is 4.30. The van der Waals surface area contributed by atoms with E-state index in [-0.39, 0.29) is 5.91 Å². The fourth-order valence-corrected chi connectivity index (χ4v) is 4.24. The molecule has 1 amide bonds. The Labute approximate surface area is 213 Å². The highest BCUT2D eigenvalue weighted by molar-refractivity contribution is 9.10. The maximum Gasteiger partial charge on any atom is 0.255 e. The van der Waals surface area contributed by atoms with Gasteiger partial charge in [-0.3, -0.25) is 4.79 Å². The summed E-state index contributed by atoms with van der Waals surface area (Å²) in [6.45, 7) is 0.997. The van der Waals surface area contributed by atoms with Crippen LogP contribution in [0.4, 0.5) is 0 Å². The standard InChI is InChI=1S/C30H23BrN2O2/c31-25-17-15-24(16-18-25)28-19-32-29(35-28)26-13-7-8-14-27(26)30(34)33(20-22-9-3-1-4-10-22)21-23-11-5-2-6-12-23/h1-19H,20-21H2. The van der Waals surface area contributed by atoms with Crippen LogP contribution in [0.1, 0.15) is 21.5 Å². The lowest BCUT2D eigenvalue weighted by molar-refractivity contribution is 0.0730. The summed E-state index contributed by atoms with van der Waals surface area (Å²) in [6, 6.07) is 35.4. The zero-order valence-corrected chi connectivity index (χ0v) is 20.6. The quantitative estimate of drug-likeness (QED) is 0.221. The van der Waals surface area contributed by atoms with Crippen molar-refractivity contribution >= 4 is 21.8 Å². The van der Waals surface area contributed by atoms with Gasteiger partial charge in [0.25, 0.3) is 5.91 Å². The van der Waals surface area contributed by atoms with Crippen LogP contribution in [0.15, 0.2) is 124 Å². The Hall–Kier alpha value is -3.96. The van der Waals surface area contributed by atoms with Gasteiger partial charge in [0.05, 0.1) is 11.8 Å². The highest BCUT2D eigenvalue weighted by Gasteiger charge is 2.22. The van der Waals surface area contributed by atoms with Crippen molar-refractivity contribution in [3.8, 4) is 22.8 Å². The molecule has 0 fully saturated rings. The molecule has 0 spiro atoms. The second-order valence-corrected chi connectivity index (χ2v) is 9.13. The molecule has 5 heteroatoms. The van der Waals surface area contributed by atoms with E-state index < -0.39 is 0 Å². The van der Waals surface area contributed by atoms with Crippen LogP contribution in [-0.2, 0) is 13.1 Å². The molecule has 0 aliphatic heterocycles. The molecule has 0 N–H and O–H groups in total. The first kappa shape index (κ1) is 22.8. The van der Waals surface area contributed by atoms with Gasteiger partial charge in [-0.15, -0.1) is 0 Å². The highest BCUT2D eigenvalue weighted by atomic mass is 79.9. The highest BCUT2D eigenvalue weighted by Crippen LogP contribution is 2.30. The molecule has 4 aromatic carbocycles. The van der Waals surface area contributed by atoms with Crippen LogP contribution in [0.25, 0.3) is 22.8 Å². The maximum atomic E-state index is 13.9.